The van der Waals surface area contributed by atoms with Crippen LogP contribution >= 0.6 is 0 Å². The van der Waals surface area contributed by atoms with Crippen LogP contribution in [-0.2, 0) is 0 Å². The van der Waals surface area contributed by atoms with Crippen LogP contribution in [0.4, 0.5) is 17.1 Å². The molecule has 0 spiro atoms. The zero-order valence-electron chi connectivity index (χ0n) is 28.5. The lowest BCUT2D eigenvalue weighted by atomic mass is 9.98. The van der Waals surface area contributed by atoms with Gasteiger partial charge in [0.1, 0.15) is 16.1 Å². The van der Waals surface area contributed by atoms with E-state index in [-0.39, 0.29) is 0 Å². The average molecular weight is 662 g/mol. The number of benzene rings is 7. The third kappa shape index (κ3) is 4.72. The van der Waals surface area contributed by atoms with Crippen LogP contribution in [0.25, 0.3) is 44.5 Å². The Morgan fingerprint density at radius 2 is 0.776 bits per heavy atom. The van der Waals surface area contributed by atoms with E-state index in [1.54, 1.807) is 10.4 Å². The van der Waals surface area contributed by atoms with Gasteiger partial charge in [0.15, 0.2) is 0 Å². The zero-order valence-corrected chi connectivity index (χ0v) is 30.5. The molecular formula is C46H39NSi2. The highest BCUT2D eigenvalue weighted by molar-refractivity contribution is 7.04. The Hall–Kier alpha value is -5.23. The van der Waals surface area contributed by atoms with E-state index >= 15 is 0 Å². The second-order valence-corrected chi connectivity index (χ2v) is 23.3. The topological polar surface area (TPSA) is 3.24 Å². The Morgan fingerprint density at radius 1 is 0.306 bits per heavy atom. The van der Waals surface area contributed by atoms with Crippen molar-refractivity contribution in [1.82, 2.24) is 0 Å². The number of nitrogens with zero attached hydrogens (tertiary/aromatic N) is 1. The van der Waals surface area contributed by atoms with Crippen LogP contribution in [0, 0.1) is 0 Å². The predicted octanol–water partition coefficient (Wildman–Crippen LogP) is 10.1. The Bertz CT molecular complexity index is 2370. The molecule has 0 aromatic heterocycles. The van der Waals surface area contributed by atoms with Crippen molar-refractivity contribution in [1.29, 1.82) is 0 Å². The number of hydrogen-bond acceptors (Lipinski definition) is 1. The van der Waals surface area contributed by atoms with Crippen LogP contribution in [0.1, 0.15) is 0 Å². The van der Waals surface area contributed by atoms with Crippen LogP contribution in [0.2, 0.25) is 26.2 Å². The van der Waals surface area contributed by atoms with Crippen molar-refractivity contribution in [3.05, 3.63) is 164 Å². The monoisotopic (exact) mass is 661 g/mol. The molecule has 0 amide bonds. The quantitative estimate of drug-likeness (QED) is 0.166. The number of para-hydroxylation sites is 1. The van der Waals surface area contributed by atoms with Gasteiger partial charge < -0.3 is 4.90 Å². The van der Waals surface area contributed by atoms with Gasteiger partial charge in [-0.15, -0.1) is 0 Å². The molecule has 236 valence electrons. The standard InChI is InChI=1S/C46H39NSi2/c1-48(2)43-18-12-11-17-39(43)42-29-34(22-28-44(42)48)33-19-23-37(24-20-33)47(36-15-9-6-10-16-36)38-25-27-41-40-26-21-35(32-13-7-5-8-14-32)30-45(40)49(3,4)46(41)31-38/h5-31H,1-4H3. The highest BCUT2D eigenvalue weighted by Gasteiger charge is 2.39. The van der Waals surface area contributed by atoms with Gasteiger partial charge in [0, 0.05) is 17.1 Å². The first-order valence-electron chi connectivity index (χ1n) is 17.4. The molecule has 0 radical (unpaired) electrons. The fraction of sp³-hybridized carbons (Fsp3) is 0.0870. The molecule has 0 fully saturated rings. The summed E-state index contributed by atoms with van der Waals surface area (Å²) in [5.74, 6) is 0. The summed E-state index contributed by atoms with van der Waals surface area (Å²) in [6.07, 6.45) is 0. The smallest absolute Gasteiger partial charge is 0.113 e. The minimum atomic E-state index is -1.95. The number of fused-ring (bicyclic) bond motifs is 6. The van der Waals surface area contributed by atoms with Crippen molar-refractivity contribution in [3.8, 4) is 44.5 Å². The van der Waals surface area contributed by atoms with Crippen LogP contribution in [-0.4, -0.2) is 16.1 Å². The van der Waals surface area contributed by atoms with Crippen LogP contribution in [0.5, 0.6) is 0 Å². The first kappa shape index (κ1) is 29.9. The summed E-state index contributed by atoms with van der Waals surface area (Å²) in [6, 6.07) is 61.2. The van der Waals surface area contributed by atoms with Crippen LogP contribution < -0.4 is 25.6 Å². The molecule has 9 rings (SSSR count). The summed E-state index contributed by atoms with van der Waals surface area (Å²) in [6.45, 7) is 9.98. The minimum absolute atomic E-state index is 1.16. The van der Waals surface area contributed by atoms with Gasteiger partial charge in [-0.3, -0.25) is 0 Å². The van der Waals surface area contributed by atoms with E-state index in [2.05, 4.69) is 195 Å². The minimum Gasteiger partial charge on any atom is -0.311 e. The first-order chi connectivity index (χ1) is 23.8. The van der Waals surface area contributed by atoms with E-state index in [0.717, 1.165) is 11.4 Å². The lowest BCUT2D eigenvalue weighted by Gasteiger charge is -2.27. The average Bonchev–Trinajstić information content (AvgIpc) is 3.51. The third-order valence-corrected chi connectivity index (χ3v) is 18.2. The van der Waals surface area contributed by atoms with Gasteiger partial charge >= 0.3 is 0 Å². The van der Waals surface area contributed by atoms with Gasteiger partial charge in [-0.1, -0.05) is 148 Å². The van der Waals surface area contributed by atoms with Crippen molar-refractivity contribution in [3.63, 3.8) is 0 Å². The van der Waals surface area contributed by atoms with E-state index in [1.807, 2.05) is 0 Å². The fourth-order valence-electron chi connectivity index (χ4n) is 8.40. The van der Waals surface area contributed by atoms with Gasteiger partial charge in [-0.25, -0.2) is 0 Å². The zero-order chi connectivity index (χ0) is 33.3. The molecule has 0 atom stereocenters. The summed E-state index contributed by atoms with van der Waals surface area (Å²) >= 11 is 0. The van der Waals surface area contributed by atoms with Gasteiger partial charge in [-0.05, 0) is 108 Å². The lowest BCUT2D eigenvalue weighted by molar-refractivity contribution is 1.29. The number of hydrogen-bond donors (Lipinski definition) is 0. The molecule has 0 N–H and O–H groups in total. The van der Waals surface area contributed by atoms with Crippen LogP contribution in [0.15, 0.2) is 164 Å². The summed E-state index contributed by atoms with van der Waals surface area (Å²) in [4.78, 5) is 2.42. The van der Waals surface area contributed by atoms with Crippen molar-refractivity contribution in [2.24, 2.45) is 0 Å². The Labute approximate surface area is 292 Å². The molecule has 7 aromatic rings. The van der Waals surface area contributed by atoms with Gasteiger partial charge in [0.2, 0.25) is 0 Å². The molecule has 0 aliphatic carbocycles. The first-order valence-corrected chi connectivity index (χ1v) is 23.4. The number of anilines is 3. The molecule has 2 aliphatic rings. The molecule has 7 aromatic carbocycles. The predicted molar refractivity (Wildman–Crippen MR) is 216 cm³/mol. The molecule has 0 saturated heterocycles. The second kappa shape index (κ2) is 11.2. The second-order valence-electron chi connectivity index (χ2n) is 14.6. The number of rotatable bonds is 5. The normalized spacial score (nSPS) is 14.4. The fourth-order valence-corrected chi connectivity index (χ4v) is 14.6. The van der Waals surface area contributed by atoms with E-state index < -0.39 is 16.1 Å². The maximum Gasteiger partial charge on any atom is 0.113 e. The van der Waals surface area contributed by atoms with Crippen molar-refractivity contribution in [2.45, 2.75) is 26.2 Å². The summed E-state index contributed by atoms with van der Waals surface area (Å²) in [7, 11) is -3.61. The largest absolute Gasteiger partial charge is 0.311 e. The molecule has 2 heterocycles. The molecule has 2 aliphatic heterocycles. The molecule has 0 bridgehead atoms. The molecule has 0 unspecified atom stereocenters. The SMILES string of the molecule is C[Si]1(C)c2ccccc2-c2cc(-c3ccc(N(c4ccccc4)c4ccc5c(c4)[Si](C)(C)c4cc(-c6ccccc6)ccc4-5)cc3)ccc21. The van der Waals surface area contributed by atoms with E-state index in [9.17, 15) is 0 Å². The van der Waals surface area contributed by atoms with Gasteiger partial charge in [0.25, 0.3) is 0 Å². The van der Waals surface area contributed by atoms with Gasteiger partial charge in [0.05, 0.1) is 0 Å². The molecule has 49 heavy (non-hydrogen) atoms. The summed E-state index contributed by atoms with van der Waals surface area (Å²) in [5.41, 5.74) is 14.3. The maximum atomic E-state index is 2.51. The van der Waals surface area contributed by atoms with Crippen molar-refractivity contribution in [2.75, 3.05) is 4.90 Å². The third-order valence-electron chi connectivity index (χ3n) is 11.1. The molecule has 3 heteroatoms. The summed E-state index contributed by atoms with van der Waals surface area (Å²) < 4.78 is 0. The highest BCUT2D eigenvalue weighted by Crippen LogP contribution is 2.39. The van der Waals surface area contributed by atoms with E-state index in [1.165, 1.54) is 60.6 Å². The van der Waals surface area contributed by atoms with Crippen molar-refractivity contribution >= 4 is 54.0 Å². The Kier molecular flexibility index (Phi) is 6.81. The lowest BCUT2D eigenvalue weighted by Crippen LogP contribution is -2.49. The highest BCUT2D eigenvalue weighted by atomic mass is 28.3. The Morgan fingerprint density at radius 3 is 1.53 bits per heavy atom. The molecular weight excluding hydrogens is 623 g/mol. The van der Waals surface area contributed by atoms with E-state index in [0.29, 0.717) is 0 Å². The molecule has 0 saturated carbocycles. The van der Waals surface area contributed by atoms with Gasteiger partial charge in [-0.2, -0.15) is 0 Å². The summed E-state index contributed by atoms with van der Waals surface area (Å²) in [5, 5.41) is 6.13. The Balaban J connectivity index is 1.09. The maximum absolute atomic E-state index is 2.51. The van der Waals surface area contributed by atoms with E-state index in [4.69, 9.17) is 0 Å². The molecule has 1 nitrogen and oxygen atoms in total. The van der Waals surface area contributed by atoms with Crippen molar-refractivity contribution < 1.29 is 0 Å². The van der Waals surface area contributed by atoms with Crippen LogP contribution in [0.3, 0.4) is 0 Å².